The van der Waals surface area contributed by atoms with Crippen LogP contribution in [0.15, 0.2) is 45.7 Å². The molecular formula is C18H14BrClN2O3S. The quantitative estimate of drug-likeness (QED) is 0.644. The molecule has 2 aromatic heterocycles. The normalized spacial score (nSPS) is 17.2. The number of aromatic nitrogens is 1. The molecule has 0 radical (unpaired) electrons. The SMILES string of the molecule is O=C(c1sc2c(ccc(=O)n2-c2ccccc2Cl)c1Br)N1CC[C@@H](O)C1. The fourth-order valence-electron chi connectivity index (χ4n) is 3.12. The number of pyridine rings is 1. The molecule has 0 aliphatic carbocycles. The van der Waals surface area contributed by atoms with E-state index in [1.54, 1.807) is 29.2 Å². The molecule has 0 spiro atoms. The van der Waals surface area contributed by atoms with Crippen LogP contribution in [0.1, 0.15) is 16.1 Å². The Labute approximate surface area is 166 Å². The van der Waals surface area contributed by atoms with Crippen LogP contribution in [0.25, 0.3) is 15.9 Å². The summed E-state index contributed by atoms with van der Waals surface area (Å²) in [5.74, 6) is -0.146. The molecule has 134 valence electrons. The van der Waals surface area contributed by atoms with Crippen LogP contribution in [0.2, 0.25) is 5.02 Å². The van der Waals surface area contributed by atoms with Gasteiger partial charge in [0.15, 0.2) is 0 Å². The van der Waals surface area contributed by atoms with Gasteiger partial charge in [0, 0.05) is 24.5 Å². The highest BCUT2D eigenvalue weighted by molar-refractivity contribution is 9.10. The zero-order valence-electron chi connectivity index (χ0n) is 13.5. The number of thiophene rings is 1. The van der Waals surface area contributed by atoms with E-state index in [0.29, 0.717) is 44.4 Å². The molecule has 1 amide bonds. The van der Waals surface area contributed by atoms with Gasteiger partial charge in [0.1, 0.15) is 9.71 Å². The van der Waals surface area contributed by atoms with Crippen molar-refractivity contribution >= 4 is 55.0 Å². The van der Waals surface area contributed by atoms with E-state index in [0.717, 1.165) is 5.39 Å². The largest absolute Gasteiger partial charge is 0.391 e. The Hall–Kier alpha value is -1.67. The van der Waals surface area contributed by atoms with Crippen LogP contribution in [0.4, 0.5) is 0 Å². The molecule has 0 saturated carbocycles. The third-order valence-electron chi connectivity index (χ3n) is 4.42. The van der Waals surface area contributed by atoms with Gasteiger partial charge in [-0.15, -0.1) is 11.3 Å². The van der Waals surface area contributed by atoms with Crippen molar-refractivity contribution in [3.63, 3.8) is 0 Å². The Bertz CT molecular complexity index is 1080. The number of β-amino-alcohol motifs (C(OH)–C–C–N with tert-alkyl or cyclic N) is 1. The molecule has 0 unspecified atom stereocenters. The van der Waals surface area contributed by atoms with Crippen molar-refractivity contribution in [3.05, 3.63) is 61.1 Å². The van der Waals surface area contributed by atoms with Gasteiger partial charge < -0.3 is 10.0 Å². The molecular weight excluding hydrogens is 440 g/mol. The highest BCUT2D eigenvalue weighted by atomic mass is 79.9. The summed E-state index contributed by atoms with van der Waals surface area (Å²) in [6.45, 7) is 0.856. The van der Waals surface area contributed by atoms with Crippen molar-refractivity contribution in [1.29, 1.82) is 0 Å². The minimum absolute atomic E-state index is 0.146. The van der Waals surface area contributed by atoms with Crippen molar-refractivity contribution in [2.24, 2.45) is 0 Å². The van der Waals surface area contributed by atoms with Crippen molar-refractivity contribution in [2.75, 3.05) is 13.1 Å². The van der Waals surface area contributed by atoms with E-state index < -0.39 is 6.10 Å². The summed E-state index contributed by atoms with van der Waals surface area (Å²) in [6.07, 6.45) is 0.104. The molecule has 3 aromatic rings. The number of nitrogens with zero attached hydrogens (tertiary/aromatic N) is 2. The van der Waals surface area contributed by atoms with Gasteiger partial charge in [-0.3, -0.25) is 14.2 Å². The molecule has 3 heterocycles. The zero-order valence-corrected chi connectivity index (χ0v) is 16.6. The number of hydrogen-bond donors (Lipinski definition) is 1. The minimum Gasteiger partial charge on any atom is -0.391 e. The lowest BCUT2D eigenvalue weighted by atomic mass is 10.2. The number of fused-ring (bicyclic) bond motifs is 1. The van der Waals surface area contributed by atoms with Crippen LogP contribution in [-0.2, 0) is 0 Å². The van der Waals surface area contributed by atoms with Crippen LogP contribution < -0.4 is 5.56 Å². The monoisotopic (exact) mass is 452 g/mol. The second-order valence-corrected chi connectivity index (χ2v) is 8.32. The Kier molecular flexibility index (Phi) is 4.64. The van der Waals surface area contributed by atoms with Crippen molar-refractivity contribution in [1.82, 2.24) is 9.47 Å². The predicted octanol–water partition coefficient (Wildman–Crippen LogP) is 3.67. The fourth-order valence-corrected chi connectivity index (χ4v) is 5.37. The van der Waals surface area contributed by atoms with E-state index in [9.17, 15) is 14.7 Å². The van der Waals surface area contributed by atoms with Crippen LogP contribution in [0.5, 0.6) is 0 Å². The van der Waals surface area contributed by atoms with Crippen LogP contribution in [0.3, 0.4) is 0 Å². The van der Waals surface area contributed by atoms with E-state index >= 15 is 0 Å². The Morgan fingerprint density at radius 2 is 2.04 bits per heavy atom. The van der Waals surface area contributed by atoms with E-state index in [4.69, 9.17) is 11.6 Å². The highest BCUT2D eigenvalue weighted by Crippen LogP contribution is 2.37. The lowest BCUT2D eigenvalue weighted by molar-refractivity contribution is 0.0769. The summed E-state index contributed by atoms with van der Waals surface area (Å²) in [4.78, 5) is 28.2. The van der Waals surface area contributed by atoms with Crippen LogP contribution in [-0.4, -0.2) is 39.7 Å². The summed E-state index contributed by atoms with van der Waals surface area (Å²) in [7, 11) is 0. The first-order chi connectivity index (χ1) is 12.5. The van der Waals surface area contributed by atoms with Crippen LogP contribution in [0, 0.1) is 0 Å². The number of halogens is 2. The van der Waals surface area contributed by atoms with Gasteiger partial charge in [-0.05, 0) is 40.5 Å². The summed E-state index contributed by atoms with van der Waals surface area (Å²) in [5.41, 5.74) is 0.365. The maximum Gasteiger partial charge on any atom is 0.265 e. The van der Waals surface area contributed by atoms with Crippen LogP contribution >= 0.6 is 38.9 Å². The number of hydrogen-bond acceptors (Lipinski definition) is 4. The summed E-state index contributed by atoms with van der Waals surface area (Å²) in [6, 6.07) is 10.3. The number of benzene rings is 1. The van der Waals surface area contributed by atoms with E-state index in [1.807, 2.05) is 6.07 Å². The number of aliphatic hydroxyl groups is 1. The number of carbonyl (C=O) groups excluding carboxylic acids is 1. The Morgan fingerprint density at radius 3 is 2.73 bits per heavy atom. The van der Waals surface area contributed by atoms with E-state index in [-0.39, 0.29) is 11.5 Å². The third kappa shape index (κ3) is 2.89. The molecule has 1 aromatic carbocycles. The zero-order chi connectivity index (χ0) is 18.4. The predicted molar refractivity (Wildman–Crippen MR) is 107 cm³/mol. The number of aliphatic hydroxyl groups excluding tert-OH is 1. The van der Waals surface area contributed by atoms with Crippen molar-refractivity contribution in [2.45, 2.75) is 12.5 Å². The van der Waals surface area contributed by atoms with Gasteiger partial charge in [-0.25, -0.2) is 0 Å². The molecule has 1 aliphatic rings. The Balaban J connectivity index is 1.90. The van der Waals surface area contributed by atoms with Crippen molar-refractivity contribution in [3.8, 4) is 5.69 Å². The molecule has 1 N–H and O–H groups in total. The standard InChI is InChI=1S/C18H14BrClN2O3S/c19-15-11-5-6-14(24)22(13-4-2-1-3-12(13)20)18(11)26-16(15)17(25)21-8-7-10(23)9-21/h1-6,10,23H,7-9H2/t10-/m1/s1. The topological polar surface area (TPSA) is 62.5 Å². The average Bonchev–Trinajstić information content (AvgIpc) is 3.19. The second-order valence-electron chi connectivity index (χ2n) is 6.12. The molecule has 0 bridgehead atoms. The average molecular weight is 454 g/mol. The fraction of sp³-hybridized carbons (Fsp3) is 0.222. The first-order valence-electron chi connectivity index (χ1n) is 8.03. The summed E-state index contributed by atoms with van der Waals surface area (Å²) >= 11 is 11.1. The first-order valence-corrected chi connectivity index (χ1v) is 10.0. The van der Waals surface area contributed by atoms with Crippen molar-refractivity contribution < 1.29 is 9.90 Å². The minimum atomic E-state index is -0.478. The molecule has 1 fully saturated rings. The molecule has 1 saturated heterocycles. The number of likely N-dealkylation sites (tertiary alicyclic amines) is 1. The third-order valence-corrected chi connectivity index (χ3v) is 7.00. The van der Waals surface area contributed by atoms with Gasteiger partial charge >= 0.3 is 0 Å². The molecule has 8 heteroatoms. The molecule has 26 heavy (non-hydrogen) atoms. The van der Waals surface area contributed by atoms with Gasteiger partial charge in [-0.2, -0.15) is 0 Å². The highest BCUT2D eigenvalue weighted by Gasteiger charge is 2.29. The van der Waals surface area contributed by atoms with E-state index in [2.05, 4.69) is 15.9 Å². The molecule has 1 aliphatic heterocycles. The molecule has 1 atom stereocenters. The molecule has 5 nitrogen and oxygen atoms in total. The molecule has 4 rings (SSSR count). The maximum absolute atomic E-state index is 12.9. The number of carbonyl (C=O) groups is 1. The number of rotatable bonds is 2. The maximum atomic E-state index is 12.9. The lowest BCUT2D eigenvalue weighted by Crippen LogP contribution is -2.29. The summed E-state index contributed by atoms with van der Waals surface area (Å²) < 4.78 is 2.19. The Morgan fingerprint density at radius 1 is 1.27 bits per heavy atom. The smallest absolute Gasteiger partial charge is 0.265 e. The number of para-hydroxylation sites is 1. The number of amides is 1. The van der Waals surface area contributed by atoms with Gasteiger partial charge in [-0.1, -0.05) is 23.7 Å². The van der Waals surface area contributed by atoms with Gasteiger partial charge in [0.25, 0.3) is 11.5 Å². The second kappa shape index (κ2) is 6.81. The van der Waals surface area contributed by atoms with E-state index in [1.165, 1.54) is 22.0 Å². The van der Waals surface area contributed by atoms with Gasteiger partial charge in [0.05, 0.1) is 21.3 Å². The van der Waals surface area contributed by atoms with Gasteiger partial charge in [0.2, 0.25) is 0 Å². The first kappa shape index (κ1) is 17.7. The summed E-state index contributed by atoms with van der Waals surface area (Å²) in [5, 5.41) is 10.9. The lowest BCUT2D eigenvalue weighted by Gasteiger charge is -2.14.